The maximum atomic E-state index is 5.78. The van der Waals surface area contributed by atoms with E-state index in [0.29, 0.717) is 25.7 Å². The summed E-state index contributed by atoms with van der Waals surface area (Å²) in [5.74, 6) is 1.25. The summed E-state index contributed by atoms with van der Waals surface area (Å²) in [6.07, 6.45) is 2.46. The van der Waals surface area contributed by atoms with E-state index in [1.165, 1.54) is 0 Å². The number of rotatable bonds is 7. The predicted octanol–water partition coefficient (Wildman–Crippen LogP) is 3.23. The van der Waals surface area contributed by atoms with Gasteiger partial charge in [-0.05, 0) is 30.7 Å². The number of anilines is 1. The molecule has 2 rings (SSSR count). The highest BCUT2D eigenvalue weighted by Gasteiger charge is 1.96. The summed E-state index contributed by atoms with van der Waals surface area (Å²) in [5, 5.41) is 3.03. The molecule has 0 radical (unpaired) electrons. The number of hydrogen-bond acceptors (Lipinski definition) is 3. The Morgan fingerprint density at radius 1 is 1.19 bits per heavy atom. The minimum Gasteiger partial charge on any atom is -0.467 e. The molecule has 1 aromatic heterocycles. The van der Waals surface area contributed by atoms with Crippen LogP contribution in [0.25, 0.3) is 0 Å². The van der Waals surface area contributed by atoms with Gasteiger partial charge in [-0.1, -0.05) is 18.2 Å². The van der Waals surface area contributed by atoms with Crippen LogP contribution in [0.2, 0.25) is 0 Å². The number of aliphatic imine (C=N–C) groups is 1. The molecule has 2 aromatic rings. The lowest BCUT2D eigenvalue weighted by Gasteiger charge is -2.05. The van der Waals surface area contributed by atoms with Crippen molar-refractivity contribution in [3.05, 3.63) is 54.5 Å². The third-order valence-electron chi connectivity index (χ3n) is 2.60. The molecular weight excluding hydrogens is 381 g/mol. The molecule has 6 heteroatoms. The number of nitrogens with two attached hydrogens (primary N) is 1. The third kappa shape index (κ3) is 7.14. The minimum absolute atomic E-state index is 0. The van der Waals surface area contributed by atoms with E-state index < -0.39 is 0 Å². The molecule has 114 valence electrons. The summed E-state index contributed by atoms with van der Waals surface area (Å²) >= 11 is 0. The molecule has 0 amide bonds. The normalized spacial score (nSPS) is 11.0. The van der Waals surface area contributed by atoms with Gasteiger partial charge in [0.25, 0.3) is 0 Å². The van der Waals surface area contributed by atoms with E-state index in [4.69, 9.17) is 14.9 Å². The zero-order valence-corrected chi connectivity index (χ0v) is 14.0. The number of benzene rings is 1. The van der Waals surface area contributed by atoms with E-state index >= 15 is 0 Å². The lowest BCUT2D eigenvalue weighted by Crippen LogP contribution is -2.22. The van der Waals surface area contributed by atoms with Gasteiger partial charge in [-0.15, -0.1) is 24.0 Å². The first kappa shape index (κ1) is 17.5. The molecule has 0 spiro atoms. The van der Waals surface area contributed by atoms with Crippen molar-refractivity contribution in [2.24, 2.45) is 10.7 Å². The van der Waals surface area contributed by atoms with Crippen LogP contribution in [0.3, 0.4) is 0 Å². The van der Waals surface area contributed by atoms with Crippen molar-refractivity contribution < 1.29 is 9.15 Å². The number of hydrogen-bond donors (Lipinski definition) is 2. The van der Waals surface area contributed by atoms with Crippen molar-refractivity contribution in [1.82, 2.24) is 0 Å². The second-order valence-corrected chi connectivity index (χ2v) is 4.24. The molecule has 0 fully saturated rings. The van der Waals surface area contributed by atoms with Gasteiger partial charge < -0.3 is 20.2 Å². The van der Waals surface area contributed by atoms with Gasteiger partial charge >= 0.3 is 0 Å². The van der Waals surface area contributed by atoms with Crippen molar-refractivity contribution in [2.75, 3.05) is 18.5 Å². The van der Waals surface area contributed by atoms with Crippen LogP contribution in [-0.2, 0) is 11.3 Å². The Hall–Kier alpha value is -1.54. The van der Waals surface area contributed by atoms with Crippen LogP contribution < -0.4 is 11.1 Å². The average Bonchev–Trinajstić information content (AvgIpc) is 2.97. The summed E-state index contributed by atoms with van der Waals surface area (Å²) in [5.41, 5.74) is 6.71. The molecule has 0 saturated heterocycles. The molecule has 1 aromatic carbocycles. The quantitative estimate of drug-likeness (QED) is 0.324. The molecule has 0 atom stereocenters. The number of halogens is 1. The Balaban J connectivity index is 0.00000220. The van der Waals surface area contributed by atoms with Gasteiger partial charge in [0.2, 0.25) is 0 Å². The highest BCUT2D eigenvalue weighted by molar-refractivity contribution is 14.0. The Labute approximate surface area is 141 Å². The monoisotopic (exact) mass is 401 g/mol. The van der Waals surface area contributed by atoms with Crippen LogP contribution in [0, 0.1) is 0 Å². The lowest BCUT2D eigenvalue weighted by molar-refractivity contribution is 0.105. The first-order valence-corrected chi connectivity index (χ1v) is 6.57. The molecule has 0 bridgehead atoms. The smallest absolute Gasteiger partial charge is 0.193 e. The fourth-order valence-electron chi connectivity index (χ4n) is 1.64. The zero-order chi connectivity index (χ0) is 14.0. The molecule has 0 aliphatic heterocycles. The number of furan rings is 1. The van der Waals surface area contributed by atoms with Gasteiger partial charge in [0, 0.05) is 18.8 Å². The van der Waals surface area contributed by atoms with Gasteiger partial charge in [0.15, 0.2) is 5.96 Å². The first-order valence-electron chi connectivity index (χ1n) is 6.57. The molecule has 5 nitrogen and oxygen atoms in total. The van der Waals surface area contributed by atoms with Crippen LogP contribution in [0.4, 0.5) is 5.69 Å². The molecule has 21 heavy (non-hydrogen) atoms. The van der Waals surface area contributed by atoms with E-state index in [9.17, 15) is 0 Å². The Kier molecular flexibility index (Phi) is 8.53. The Morgan fingerprint density at radius 2 is 2.00 bits per heavy atom. The van der Waals surface area contributed by atoms with Gasteiger partial charge in [-0.25, -0.2) is 0 Å². The molecule has 0 unspecified atom stereocenters. The number of para-hydroxylation sites is 1. The van der Waals surface area contributed by atoms with Crippen LogP contribution in [0.5, 0.6) is 0 Å². The van der Waals surface area contributed by atoms with Crippen LogP contribution in [0.1, 0.15) is 12.2 Å². The van der Waals surface area contributed by atoms with Crippen LogP contribution in [0.15, 0.2) is 58.1 Å². The minimum atomic E-state index is 0. The predicted molar refractivity (Wildman–Crippen MR) is 95.0 cm³/mol. The fourth-order valence-corrected chi connectivity index (χ4v) is 1.64. The molecule has 1 heterocycles. The summed E-state index contributed by atoms with van der Waals surface area (Å²) in [6.45, 7) is 1.75. The third-order valence-corrected chi connectivity index (χ3v) is 2.60. The molecule has 0 aliphatic rings. The average molecular weight is 401 g/mol. The van der Waals surface area contributed by atoms with E-state index in [-0.39, 0.29) is 24.0 Å². The van der Waals surface area contributed by atoms with Crippen molar-refractivity contribution >= 4 is 35.6 Å². The fraction of sp³-hybridized carbons (Fsp3) is 0.267. The maximum Gasteiger partial charge on any atom is 0.193 e. The van der Waals surface area contributed by atoms with Gasteiger partial charge in [-0.3, -0.25) is 4.99 Å². The summed E-state index contributed by atoms with van der Waals surface area (Å²) < 4.78 is 10.6. The second-order valence-electron chi connectivity index (χ2n) is 4.24. The SMILES string of the molecule is I.NC(=NCCCOCc1ccco1)Nc1ccccc1. The number of ether oxygens (including phenoxy) is 1. The highest BCUT2D eigenvalue weighted by atomic mass is 127. The second kappa shape index (κ2) is 10.2. The molecule has 3 N–H and O–H groups in total. The Bertz CT molecular complexity index is 515. The standard InChI is InChI=1S/C15H19N3O2.HI/c16-15(18-13-6-2-1-3-7-13)17-9-5-10-19-12-14-8-4-11-20-14;/h1-4,6-8,11H,5,9-10,12H2,(H3,16,17,18);1H. The topological polar surface area (TPSA) is 72.8 Å². The Morgan fingerprint density at radius 3 is 2.71 bits per heavy atom. The highest BCUT2D eigenvalue weighted by Crippen LogP contribution is 2.04. The van der Waals surface area contributed by atoms with Crippen molar-refractivity contribution in [2.45, 2.75) is 13.0 Å². The summed E-state index contributed by atoms with van der Waals surface area (Å²) in [4.78, 5) is 4.23. The van der Waals surface area contributed by atoms with E-state index in [2.05, 4.69) is 10.3 Å². The first-order chi connectivity index (χ1) is 9.84. The van der Waals surface area contributed by atoms with Crippen molar-refractivity contribution in [3.8, 4) is 0 Å². The van der Waals surface area contributed by atoms with Crippen LogP contribution >= 0.6 is 24.0 Å². The van der Waals surface area contributed by atoms with E-state index in [1.54, 1.807) is 6.26 Å². The molecule has 0 aliphatic carbocycles. The van der Waals surface area contributed by atoms with Gasteiger partial charge in [-0.2, -0.15) is 0 Å². The number of nitrogens with zero attached hydrogens (tertiary/aromatic N) is 1. The van der Waals surface area contributed by atoms with Crippen molar-refractivity contribution in [3.63, 3.8) is 0 Å². The van der Waals surface area contributed by atoms with Crippen molar-refractivity contribution in [1.29, 1.82) is 0 Å². The zero-order valence-electron chi connectivity index (χ0n) is 11.7. The molecule has 0 saturated carbocycles. The maximum absolute atomic E-state index is 5.78. The van der Waals surface area contributed by atoms with E-state index in [1.807, 2.05) is 42.5 Å². The summed E-state index contributed by atoms with van der Waals surface area (Å²) in [6, 6.07) is 13.5. The molecular formula is C15H20IN3O2. The van der Waals surface area contributed by atoms with E-state index in [0.717, 1.165) is 17.9 Å². The lowest BCUT2D eigenvalue weighted by atomic mass is 10.3. The number of nitrogens with one attached hydrogen (secondary N) is 1. The van der Waals surface area contributed by atoms with Gasteiger partial charge in [0.1, 0.15) is 12.4 Å². The largest absolute Gasteiger partial charge is 0.467 e. The van der Waals surface area contributed by atoms with Gasteiger partial charge in [0.05, 0.1) is 6.26 Å². The van der Waals surface area contributed by atoms with Crippen LogP contribution in [-0.4, -0.2) is 19.1 Å². The number of guanidine groups is 1. The summed E-state index contributed by atoms with van der Waals surface area (Å²) in [7, 11) is 0.